The molecule has 3 aromatic rings. The molecule has 0 spiro atoms. The van der Waals surface area contributed by atoms with Gasteiger partial charge in [-0.25, -0.2) is 19.7 Å². The number of hydrogen-bond acceptors (Lipinski definition) is 9. The SMILES string of the molecule is CCC(N)c1cnc(OC2CN(C=O)C2)c2cnc(Nc3ccc4c(n3)C(C)C(C)(C)OC4=O)cc12. The van der Waals surface area contributed by atoms with Crippen LogP contribution < -0.4 is 15.8 Å². The van der Waals surface area contributed by atoms with E-state index in [1.807, 2.05) is 33.8 Å². The Kier molecular flexibility index (Phi) is 5.99. The number of ether oxygens (including phenoxy) is 2. The first-order valence-corrected chi connectivity index (χ1v) is 12.1. The van der Waals surface area contributed by atoms with Gasteiger partial charge in [-0.1, -0.05) is 13.8 Å². The van der Waals surface area contributed by atoms with Crippen LogP contribution >= 0.6 is 0 Å². The van der Waals surface area contributed by atoms with Gasteiger partial charge in [-0.15, -0.1) is 0 Å². The molecule has 36 heavy (non-hydrogen) atoms. The number of nitrogens with one attached hydrogen (secondary N) is 1. The molecule has 3 N–H and O–H groups in total. The topological polar surface area (TPSA) is 133 Å². The van der Waals surface area contributed by atoms with Crippen molar-refractivity contribution in [2.24, 2.45) is 5.73 Å². The third kappa shape index (κ3) is 4.21. The smallest absolute Gasteiger partial charge is 0.340 e. The maximum Gasteiger partial charge on any atom is 0.340 e. The van der Waals surface area contributed by atoms with Crippen molar-refractivity contribution in [2.75, 3.05) is 18.4 Å². The standard InChI is InChI=1S/C26H30N6O4/c1-5-20(27)18-9-29-24(35-15-11-32(12-15)13-33)19-10-28-22(8-17(18)19)30-21-7-6-16-23(31-21)14(2)26(3,4)36-25(16)34/h6-10,13-15,20H,5,11-12,27H2,1-4H3,(H,28,30,31). The monoisotopic (exact) mass is 490 g/mol. The normalized spacial score (nSPS) is 19.8. The summed E-state index contributed by atoms with van der Waals surface area (Å²) in [7, 11) is 0. The van der Waals surface area contributed by atoms with Gasteiger partial charge in [0.05, 0.1) is 29.7 Å². The summed E-state index contributed by atoms with van der Waals surface area (Å²) in [6, 6.07) is 5.19. The Hall–Kier alpha value is -3.79. The lowest BCUT2D eigenvalue weighted by atomic mass is 9.84. The number of aromatic nitrogens is 3. The van der Waals surface area contributed by atoms with Crippen LogP contribution in [-0.4, -0.2) is 57.0 Å². The van der Waals surface area contributed by atoms with E-state index in [2.05, 4.69) is 15.3 Å². The van der Waals surface area contributed by atoms with Crippen molar-refractivity contribution in [2.45, 2.75) is 57.8 Å². The van der Waals surface area contributed by atoms with Crippen molar-refractivity contribution in [1.29, 1.82) is 0 Å². The zero-order valence-corrected chi connectivity index (χ0v) is 20.8. The number of nitrogens with two attached hydrogens (primary N) is 1. The van der Waals surface area contributed by atoms with Crippen LogP contribution in [0.25, 0.3) is 10.8 Å². The highest BCUT2D eigenvalue weighted by molar-refractivity contribution is 5.93. The fourth-order valence-corrected chi connectivity index (χ4v) is 4.49. The summed E-state index contributed by atoms with van der Waals surface area (Å²) in [5, 5.41) is 4.90. The average Bonchev–Trinajstić information content (AvgIpc) is 2.83. The molecule has 2 aliphatic heterocycles. The summed E-state index contributed by atoms with van der Waals surface area (Å²) < 4.78 is 11.6. The number of pyridine rings is 3. The van der Waals surface area contributed by atoms with Crippen molar-refractivity contribution in [1.82, 2.24) is 19.9 Å². The summed E-state index contributed by atoms with van der Waals surface area (Å²) in [5.74, 6) is 1.19. The highest BCUT2D eigenvalue weighted by atomic mass is 16.6. The Morgan fingerprint density at radius 2 is 2.03 bits per heavy atom. The number of hydrogen-bond donors (Lipinski definition) is 2. The molecule has 0 saturated carbocycles. The van der Waals surface area contributed by atoms with E-state index in [1.54, 1.807) is 29.4 Å². The fourth-order valence-electron chi connectivity index (χ4n) is 4.49. The predicted octanol–water partition coefficient (Wildman–Crippen LogP) is 3.45. The van der Waals surface area contributed by atoms with Crippen LogP contribution in [0.5, 0.6) is 5.88 Å². The van der Waals surface area contributed by atoms with Crippen LogP contribution in [0, 0.1) is 0 Å². The van der Waals surface area contributed by atoms with Gasteiger partial charge in [0.1, 0.15) is 23.3 Å². The molecule has 0 bridgehead atoms. The van der Waals surface area contributed by atoms with Gasteiger partial charge in [-0.2, -0.15) is 0 Å². The maximum absolute atomic E-state index is 12.4. The van der Waals surface area contributed by atoms with Gasteiger partial charge in [-0.3, -0.25) is 4.79 Å². The minimum absolute atomic E-state index is 0.0712. The fraction of sp³-hybridized carbons (Fsp3) is 0.423. The van der Waals surface area contributed by atoms with Gasteiger partial charge in [0, 0.05) is 24.4 Å². The lowest BCUT2D eigenvalue weighted by Crippen LogP contribution is -2.52. The van der Waals surface area contributed by atoms with Gasteiger partial charge < -0.3 is 25.4 Å². The Morgan fingerprint density at radius 1 is 1.25 bits per heavy atom. The van der Waals surface area contributed by atoms with Crippen LogP contribution in [0.4, 0.5) is 11.6 Å². The van der Waals surface area contributed by atoms with Crippen molar-refractivity contribution in [3.63, 3.8) is 0 Å². The molecule has 1 saturated heterocycles. The molecular weight excluding hydrogens is 460 g/mol. The average molecular weight is 491 g/mol. The highest BCUT2D eigenvalue weighted by Gasteiger charge is 2.40. The van der Waals surface area contributed by atoms with Crippen molar-refractivity contribution in [3.8, 4) is 5.88 Å². The molecule has 1 amide bonds. The highest BCUT2D eigenvalue weighted by Crippen LogP contribution is 2.38. The molecule has 5 rings (SSSR count). The molecule has 10 heteroatoms. The van der Waals surface area contributed by atoms with E-state index >= 15 is 0 Å². The van der Waals surface area contributed by atoms with Crippen molar-refractivity contribution >= 4 is 34.8 Å². The third-order valence-corrected chi connectivity index (χ3v) is 7.12. The largest absolute Gasteiger partial charge is 0.470 e. The number of amides is 1. The number of carbonyl (C=O) groups excluding carboxylic acids is 2. The van der Waals surface area contributed by atoms with Gasteiger partial charge in [-0.05, 0) is 49.4 Å². The number of likely N-dealkylation sites (tertiary alicyclic amines) is 1. The van der Waals surface area contributed by atoms with Gasteiger partial charge >= 0.3 is 5.97 Å². The molecule has 188 valence electrons. The van der Waals surface area contributed by atoms with Gasteiger partial charge in [0.25, 0.3) is 0 Å². The summed E-state index contributed by atoms with van der Waals surface area (Å²) in [6.07, 6.45) is 4.91. The first kappa shape index (κ1) is 23.9. The molecular formula is C26H30N6O4. The van der Waals surface area contributed by atoms with E-state index in [-0.39, 0.29) is 24.0 Å². The first-order chi connectivity index (χ1) is 17.2. The molecule has 2 unspecified atom stereocenters. The summed E-state index contributed by atoms with van der Waals surface area (Å²) in [6.45, 7) is 8.86. The number of carbonyl (C=O) groups is 2. The summed E-state index contributed by atoms with van der Waals surface area (Å²) in [4.78, 5) is 38.8. The van der Waals surface area contributed by atoms with Crippen LogP contribution in [0.2, 0.25) is 0 Å². The number of anilines is 2. The lowest BCUT2D eigenvalue weighted by Gasteiger charge is -2.36. The molecule has 0 aromatic carbocycles. The van der Waals surface area contributed by atoms with Crippen LogP contribution in [0.15, 0.2) is 30.6 Å². The number of rotatable bonds is 7. The molecule has 0 radical (unpaired) electrons. The van der Waals surface area contributed by atoms with Gasteiger partial charge in [0.15, 0.2) is 0 Å². The Labute approximate surface area is 209 Å². The minimum atomic E-state index is -0.644. The van der Waals surface area contributed by atoms with E-state index in [4.69, 9.17) is 20.2 Å². The van der Waals surface area contributed by atoms with Crippen molar-refractivity contribution < 1.29 is 19.1 Å². The molecule has 0 aliphatic carbocycles. The summed E-state index contributed by atoms with van der Waals surface area (Å²) in [5.41, 5.74) is 7.82. The molecule has 2 atom stereocenters. The number of esters is 1. The number of nitrogens with zero attached hydrogens (tertiary/aromatic N) is 4. The number of fused-ring (bicyclic) bond motifs is 2. The Balaban J connectivity index is 1.48. The second-order valence-corrected chi connectivity index (χ2v) is 9.92. The second-order valence-electron chi connectivity index (χ2n) is 9.92. The van der Waals surface area contributed by atoms with Crippen LogP contribution in [0.1, 0.15) is 67.7 Å². The quantitative estimate of drug-likeness (QED) is 0.377. The lowest BCUT2D eigenvalue weighted by molar-refractivity contribution is -0.126. The van der Waals surface area contributed by atoms with E-state index in [0.29, 0.717) is 41.9 Å². The van der Waals surface area contributed by atoms with Gasteiger partial charge in [0.2, 0.25) is 12.3 Å². The maximum atomic E-state index is 12.4. The molecule has 10 nitrogen and oxygen atoms in total. The zero-order valence-electron chi connectivity index (χ0n) is 20.8. The molecule has 2 aliphatic rings. The molecule has 3 aromatic heterocycles. The van der Waals surface area contributed by atoms with Crippen LogP contribution in [-0.2, 0) is 9.53 Å². The summed E-state index contributed by atoms with van der Waals surface area (Å²) >= 11 is 0. The van der Waals surface area contributed by atoms with Crippen LogP contribution in [0.3, 0.4) is 0 Å². The second kappa shape index (κ2) is 9.02. The first-order valence-electron chi connectivity index (χ1n) is 12.1. The molecule has 5 heterocycles. The number of cyclic esters (lactones) is 1. The predicted molar refractivity (Wildman–Crippen MR) is 134 cm³/mol. The minimum Gasteiger partial charge on any atom is -0.470 e. The Bertz CT molecular complexity index is 1340. The van der Waals surface area contributed by atoms with Crippen molar-refractivity contribution in [3.05, 3.63) is 47.4 Å². The Morgan fingerprint density at radius 3 is 2.75 bits per heavy atom. The van der Waals surface area contributed by atoms with E-state index in [1.165, 1.54) is 0 Å². The molecule has 1 fully saturated rings. The van der Waals surface area contributed by atoms with E-state index < -0.39 is 5.60 Å². The van der Waals surface area contributed by atoms with E-state index in [9.17, 15) is 9.59 Å². The van der Waals surface area contributed by atoms with E-state index in [0.717, 1.165) is 29.2 Å². The zero-order chi connectivity index (χ0) is 25.6. The third-order valence-electron chi connectivity index (χ3n) is 7.12.